The predicted molar refractivity (Wildman–Crippen MR) is 76.3 cm³/mol. The van der Waals surface area contributed by atoms with E-state index in [9.17, 15) is 4.79 Å². The molecule has 0 saturated carbocycles. The van der Waals surface area contributed by atoms with Crippen LogP contribution >= 0.6 is 0 Å². The minimum Gasteiger partial charge on any atom is -0.384 e. The van der Waals surface area contributed by atoms with Crippen LogP contribution in [0.3, 0.4) is 0 Å². The van der Waals surface area contributed by atoms with Crippen LogP contribution in [-0.2, 0) is 4.74 Å². The third-order valence-electron chi connectivity index (χ3n) is 3.26. The van der Waals surface area contributed by atoms with Crippen molar-refractivity contribution in [3.8, 4) is 11.8 Å². The van der Waals surface area contributed by atoms with Gasteiger partial charge in [0.1, 0.15) is 6.61 Å². The summed E-state index contributed by atoms with van der Waals surface area (Å²) >= 11 is 0. The summed E-state index contributed by atoms with van der Waals surface area (Å²) in [5.41, 5.74) is 1.32. The fourth-order valence-corrected chi connectivity index (χ4v) is 2.28. The van der Waals surface area contributed by atoms with E-state index in [0.29, 0.717) is 12.2 Å². The number of carbonyl (C=O) groups excluding carboxylic acids is 1. The number of rotatable bonds is 2. The lowest BCUT2D eigenvalue weighted by atomic mass is 10.0. The molecule has 2 unspecified atom stereocenters. The lowest BCUT2D eigenvalue weighted by molar-refractivity contribution is 0.0136. The maximum atomic E-state index is 12.2. The van der Waals surface area contributed by atoms with Crippen molar-refractivity contribution in [3.63, 3.8) is 0 Å². The Hall–Kier alpha value is -1.83. The number of carbonyl (C=O) groups is 1. The van der Waals surface area contributed by atoms with Gasteiger partial charge in [0.2, 0.25) is 0 Å². The van der Waals surface area contributed by atoms with Crippen molar-refractivity contribution in [2.24, 2.45) is 0 Å². The summed E-state index contributed by atoms with van der Waals surface area (Å²) in [6.07, 6.45) is 1.88. The SMILES string of the molecule is CC1CC(NC(=O)c2cccc(C#CCO)c2)CCO1. The van der Waals surface area contributed by atoms with Crippen LogP contribution in [0, 0.1) is 11.8 Å². The Morgan fingerprint density at radius 3 is 3.15 bits per heavy atom. The smallest absolute Gasteiger partial charge is 0.251 e. The van der Waals surface area contributed by atoms with Gasteiger partial charge in [-0.05, 0) is 38.0 Å². The molecule has 2 N–H and O–H groups in total. The Kier molecular flexibility index (Phi) is 5.16. The summed E-state index contributed by atoms with van der Waals surface area (Å²) in [6.45, 7) is 2.52. The maximum Gasteiger partial charge on any atom is 0.251 e. The Morgan fingerprint density at radius 2 is 2.40 bits per heavy atom. The van der Waals surface area contributed by atoms with Gasteiger partial charge in [-0.15, -0.1) is 0 Å². The molecule has 0 aliphatic carbocycles. The van der Waals surface area contributed by atoms with Gasteiger partial charge >= 0.3 is 0 Å². The summed E-state index contributed by atoms with van der Waals surface area (Å²) in [5.74, 6) is 5.29. The molecule has 4 nitrogen and oxygen atoms in total. The molecule has 2 atom stereocenters. The second-order valence-electron chi connectivity index (χ2n) is 4.92. The third kappa shape index (κ3) is 4.09. The van der Waals surface area contributed by atoms with E-state index in [1.807, 2.05) is 13.0 Å². The fourth-order valence-electron chi connectivity index (χ4n) is 2.28. The van der Waals surface area contributed by atoms with E-state index in [1.54, 1.807) is 18.2 Å². The standard InChI is InChI=1S/C16H19NO3/c1-12-10-15(7-9-20-12)17-16(19)14-6-2-4-13(11-14)5-3-8-18/h2,4,6,11-12,15,18H,7-10H2,1H3,(H,17,19). The van der Waals surface area contributed by atoms with Gasteiger partial charge in [-0.25, -0.2) is 0 Å². The van der Waals surface area contributed by atoms with Crippen LogP contribution in [0.25, 0.3) is 0 Å². The highest BCUT2D eigenvalue weighted by atomic mass is 16.5. The topological polar surface area (TPSA) is 58.6 Å². The van der Waals surface area contributed by atoms with Crippen molar-refractivity contribution in [2.45, 2.75) is 31.9 Å². The molecule has 0 spiro atoms. The molecule has 106 valence electrons. The zero-order valence-electron chi connectivity index (χ0n) is 11.6. The molecule has 4 heteroatoms. The second kappa shape index (κ2) is 7.09. The van der Waals surface area contributed by atoms with Gasteiger partial charge in [-0.2, -0.15) is 0 Å². The number of aliphatic hydroxyl groups excluding tert-OH is 1. The van der Waals surface area contributed by atoms with Crippen LogP contribution in [0.1, 0.15) is 35.7 Å². The minimum atomic E-state index is -0.184. The van der Waals surface area contributed by atoms with Gasteiger partial charge in [0.15, 0.2) is 0 Å². The van der Waals surface area contributed by atoms with E-state index < -0.39 is 0 Å². The molecule has 1 aliphatic rings. The summed E-state index contributed by atoms with van der Waals surface area (Å²) < 4.78 is 5.47. The van der Waals surface area contributed by atoms with Gasteiger partial charge in [0.25, 0.3) is 5.91 Å². The van der Waals surface area contributed by atoms with Gasteiger partial charge in [-0.1, -0.05) is 17.9 Å². The number of ether oxygens (including phenoxy) is 1. The molecule has 20 heavy (non-hydrogen) atoms. The Balaban J connectivity index is 2.01. The van der Waals surface area contributed by atoms with Crippen LogP contribution < -0.4 is 5.32 Å². The predicted octanol–water partition coefficient (Wildman–Crippen LogP) is 1.33. The zero-order valence-corrected chi connectivity index (χ0v) is 11.6. The van der Waals surface area contributed by atoms with Gasteiger partial charge < -0.3 is 15.2 Å². The highest BCUT2D eigenvalue weighted by Crippen LogP contribution is 2.14. The molecule has 1 amide bonds. The summed E-state index contributed by atoms with van der Waals surface area (Å²) in [7, 11) is 0. The van der Waals surface area contributed by atoms with Crippen LogP contribution in [0.2, 0.25) is 0 Å². The van der Waals surface area contributed by atoms with Gasteiger partial charge in [0, 0.05) is 23.8 Å². The lowest BCUT2D eigenvalue weighted by Gasteiger charge is -2.27. The molecule has 1 heterocycles. The summed E-state index contributed by atoms with van der Waals surface area (Å²) in [6, 6.07) is 7.28. The van der Waals surface area contributed by atoms with E-state index in [-0.39, 0.29) is 24.7 Å². The van der Waals surface area contributed by atoms with Crippen molar-refractivity contribution < 1.29 is 14.6 Å². The molecule has 1 aromatic carbocycles. The molecule has 2 rings (SSSR count). The number of hydrogen-bond donors (Lipinski definition) is 2. The van der Waals surface area contributed by atoms with E-state index in [4.69, 9.17) is 9.84 Å². The summed E-state index contributed by atoms with van der Waals surface area (Å²) in [4.78, 5) is 12.2. The number of nitrogens with one attached hydrogen (secondary N) is 1. The quantitative estimate of drug-likeness (QED) is 0.799. The van der Waals surface area contributed by atoms with Crippen LogP contribution in [-0.4, -0.2) is 36.4 Å². The number of aliphatic hydroxyl groups is 1. The average molecular weight is 273 g/mol. The third-order valence-corrected chi connectivity index (χ3v) is 3.26. The number of benzene rings is 1. The molecular formula is C16H19NO3. The number of hydrogen-bond acceptors (Lipinski definition) is 3. The fraction of sp³-hybridized carbons (Fsp3) is 0.438. The van der Waals surface area contributed by atoms with Crippen LogP contribution in [0.5, 0.6) is 0 Å². The second-order valence-corrected chi connectivity index (χ2v) is 4.92. The van der Waals surface area contributed by atoms with Crippen molar-refractivity contribution in [3.05, 3.63) is 35.4 Å². The van der Waals surface area contributed by atoms with Gasteiger partial charge in [0.05, 0.1) is 6.10 Å². The van der Waals surface area contributed by atoms with Crippen molar-refractivity contribution >= 4 is 5.91 Å². The summed E-state index contributed by atoms with van der Waals surface area (Å²) in [5, 5.41) is 11.7. The van der Waals surface area contributed by atoms with E-state index in [2.05, 4.69) is 17.2 Å². The Bertz CT molecular complexity index is 530. The zero-order chi connectivity index (χ0) is 14.4. The van der Waals surface area contributed by atoms with Crippen LogP contribution in [0.4, 0.5) is 0 Å². The lowest BCUT2D eigenvalue weighted by Crippen LogP contribution is -2.41. The molecule has 1 saturated heterocycles. The molecule has 0 bridgehead atoms. The van der Waals surface area contributed by atoms with Crippen molar-refractivity contribution in [2.75, 3.05) is 13.2 Å². The normalized spacial score (nSPS) is 21.7. The Labute approximate surface area is 119 Å². The van der Waals surface area contributed by atoms with Crippen LogP contribution in [0.15, 0.2) is 24.3 Å². The van der Waals surface area contributed by atoms with E-state index >= 15 is 0 Å². The first-order valence-electron chi connectivity index (χ1n) is 6.81. The van der Waals surface area contributed by atoms with Crippen molar-refractivity contribution in [1.29, 1.82) is 0 Å². The first-order chi connectivity index (χ1) is 9.69. The highest BCUT2D eigenvalue weighted by Gasteiger charge is 2.21. The molecule has 1 aromatic rings. The largest absolute Gasteiger partial charge is 0.384 e. The molecule has 1 fully saturated rings. The average Bonchev–Trinajstić information content (AvgIpc) is 2.45. The Morgan fingerprint density at radius 1 is 1.55 bits per heavy atom. The van der Waals surface area contributed by atoms with Gasteiger partial charge in [-0.3, -0.25) is 4.79 Å². The molecule has 1 aliphatic heterocycles. The monoisotopic (exact) mass is 273 g/mol. The number of amides is 1. The molecule has 0 aromatic heterocycles. The molecular weight excluding hydrogens is 254 g/mol. The minimum absolute atomic E-state index is 0.0863. The first-order valence-corrected chi connectivity index (χ1v) is 6.81. The maximum absolute atomic E-state index is 12.2. The van der Waals surface area contributed by atoms with Crippen molar-refractivity contribution in [1.82, 2.24) is 5.32 Å². The highest BCUT2D eigenvalue weighted by molar-refractivity contribution is 5.94. The molecule has 0 radical (unpaired) electrons. The van der Waals surface area contributed by atoms with E-state index in [1.165, 1.54) is 0 Å². The van der Waals surface area contributed by atoms with E-state index in [0.717, 1.165) is 18.4 Å². The first kappa shape index (κ1) is 14.6.